The summed E-state index contributed by atoms with van der Waals surface area (Å²) in [6.45, 7) is 2.47. The van der Waals surface area contributed by atoms with Gasteiger partial charge in [0.2, 0.25) is 0 Å². The maximum absolute atomic E-state index is 8.88. The van der Waals surface area contributed by atoms with Crippen molar-refractivity contribution in [3.8, 4) is 18.2 Å². The van der Waals surface area contributed by atoms with Crippen LogP contribution in [0.1, 0.15) is 77.0 Å². The second-order valence-corrected chi connectivity index (χ2v) is 8.34. The van der Waals surface area contributed by atoms with Gasteiger partial charge in [-0.3, -0.25) is 4.90 Å². The van der Waals surface area contributed by atoms with Crippen LogP contribution in [0.15, 0.2) is 0 Å². The molecule has 0 amide bonds. The van der Waals surface area contributed by atoms with Crippen molar-refractivity contribution in [2.45, 2.75) is 89.1 Å². The average Bonchev–Trinajstić information content (AvgIpc) is 2.70. The summed E-state index contributed by atoms with van der Waals surface area (Å²) in [7, 11) is 0. The molecule has 0 aromatic carbocycles. The standard InChI is InChI=1S/C22H35N5/c23-12-1-15-26-21-8-4-19(5-9-21)18-20-6-10-22(11-7-20)27(16-2-13-24)17-3-14-25/h19-22,26H,1-11,15-18H2. The van der Waals surface area contributed by atoms with E-state index < -0.39 is 0 Å². The van der Waals surface area contributed by atoms with E-state index in [0.717, 1.165) is 31.5 Å². The van der Waals surface area contributed by atoms with Gasteiger partial charge < -0.3 is 5.32 Å². The normalized spacial score (nSPS) is 28.2. The Kier molecular flexibility index (Phi) is 10.2. The summed E-state index contributed by atoms with van der Waals surface area (Å²) in [5, 5.41) is 29.9. The molecule has 0 radical (unpaired) electrons. The first-order valence-electron chi connectivity index (χ1n) is 10.8. The molecule has 0 aromatic rings. The monoisotopic (exact) mass is 369 g/mol. The van der Waals surface area contributed by atoms with E-state index in [1.165, 1.54) is 57.8 Å². The van der Waals surface area contributed by atoms with Gasteiger partial charge in [0.15, 0.2) is 0 Å². The highest BCUT2D eigenvalue weighted by molar-refractivity contribution is 4.86. The van der Waals surface area contributed by atoms with Crippen LogP contribution in [0.2, 0.25) is 0 Å². The van der Waals surface area contributed by atoms with Crippen molar-refractivity contribution in [1.29, 1.82) is 15.8 Å². The fraction of sp³-hybridized carbons (Fsp3) is 0.864. The van der Waals surface area contributed by atoms with Gasteiger partial charge in [-0.1, -0.05) is 0 Å². The molecule has 5 nitrogen and oxygen atoms in total. The van der Waals surface area contributed by atoms with Crippen molar-refractivity contribution in [3.05, 3.63) is 0 Å². The van der Waals surface area contributed by atoms with Gasteiger partial charge >= 0.3 is 0 Å². The molecule has 0 spiro atoms. The van der Waals surface area contributed by atoms with Gasteiger partial charge in [0.05, 0.1) is 18.2 Å². The first kappa shape index (κ1) is 21.7. The lowest BCUT2D eigenvalue weighted by Gasteiger charge is -2.38. The van der Waals surface area contributed by atoms with Gasteiger partial charge in [-0.25, -0.2) is 0 Å². The predicted molar refractivity (Wildman–Crippen MR) is 106 cm³/mol. The van der Waals surface area contributed by atoms with Crippen LogP contribution < -0.4 is 5.32 Å². The van der Waals surface area contributed by atoms with Gasteiger partial charge in [-0.15, -0.1) is 0 Å². The molecule has 0 unspecified atom stereocenters. The van der Waals surface area contributed by atoms with E-state index in [0.29, 0.717) is 31.3 Å². The molecule has 2 aliphatic carbocycles. The van der Waals surface area contributed by atoms with E-state index in [4.69, 9.17) is 15.8 Å². The Morgan fingerprint density at radius 2 is 1.22 bits per heavy atom. The smallest absolute Gasteiger partial charge is 0.0635 e. The minimum atomic E-state index is 0.566. The van der Waals surface area contributed by atoms with Crippen LogP contribution in [0, 0.1) is 45.8 Å². The lowest BCUT2D eigenvalue weighted by molar-refractivity contribution is 0.127. The minimum Gasteiger partial charge on any atom is -0.313 e. The first-order chi connectivity index (χ1) is 13.3. The van der Waals surface area contributed by atoms with Crippen molar-refractivity contribution >= 4 is 0 Å². The predicted octanol–water partition coefficient (Wildman–Crippen LogP) is 4.13. The van der Waals surface area contributed by atoms with Gasteiger partial charge in [0.1, 0.15) is 0 Å². The summed E-state index contributed by atoms with van der Waals surface area (Å²) in [6, 6.07) is 7.90. The first-order valence-corrected chi connectivity index (χ1v) is 10.8. The number of hydrogen-bond acceptors (Lipinski definition) is 5. The minimum absolute atomic E-state index is 0.566. The summed E-state index contributed by atoms with van der Waals surface area (Å²) in [6.07, 6.45) is 13.4. The fourth-order valence-electron chi connectivity index (χ4n) is 5.02. The molecule has 2 saturated carbocycles. The molecule has 0 saturated heterocycles. The molecule has 0 aliphatic heterocycles. The van der Waals surface area contributed by atoms with E-state index in [1.807, 2.05) is 0 Å². The Labute approximate surface area is 165 Å². The largest absolute Gasteiger partial charge is 0.313 e. The molecule has 0 bridgehead atoms. The van der Waals surface area contributed by atoms with Crippen LogP contribution in [-0.2, 0) is 0 Å². The SMILES string of the molecule is N#CCCNC1CCC(CC2CCC(N(CCC#N)CCC#N)CC2)CC1. The zero-order valence-corrected chi connectivity index (χ0v) is 16.7. The number of nitrogens with zero attached hydrogens (tertiary/aromatic N) is 4. The molecule has 1 N–H and O–H groups in total. The zero-order valence-electron chi connectivity index (χ0n) is 16.7. The second kappa shape index (κ2) is 12.7. The molecule has 2 rings (SSSR count). The average molecular weight is 370 g/mol. The third kappa shape index (κ3) is 7.88. The van der Waals surface area contributed by atoms with Gasteiger partial charge in [-0.05, 0) is 69.6 Å². The van der Waals surface area contributed by atoms with Crippen LogP contribution >= 0.6 is 0 Å². The summed E-state index contributed by atoms with van der Waals surface area (Å²) in [4.78, 5) is 2.39. The Morgan fingerprint density at radius 3 is 1.74 bits per heavy atom. The third-order valence-electron chi connectivity index (χ3n) is 6.54. The highest BCUT2D eigenvalue weighted by Crippen LogP contribution is 2.36. The maximum atomic E-state index is 8.88. The van der Waals surface area contributed by atoms with Crippen molar-refractivity contribution in [1.82, 2.24) is 10.2 Å². The molecule has 5 heteroatoms. The topological polar surface area (TPSA) is 86.6 Å². The fourth-order valence-corrected chi connectivity index (χ4v) is 5.02. The van der Waals surface area contributed by atoms with Crippen molar-refractivity contribution < 1.29 is 0 Å². The Hall–Kier alpha value is -1.61. The Bertz CT molecular complexity index is 506. The lowest BCUT2D eigenvalue weighted by Crippen LogP contribution is -2.39. The molecule has 0 heterocycles. The molecule has 148 valence electrons. The summed E-state index contributed by atoms with van der Waals surface area (Å²) in [5.41, 5.74) is 0. The van der Waals surface area contributed by atoms with Crippen LogP contribution in [0.25, 0.3) is 0 Å². The summed E-state index contributed by atoms with van der Waals surface area (Å²) >= 11 is 0. The molecular weight excluding hydrogens is 334 g/mol. The summed E-state index contributed by atoms with van der Waals surface area (Å²) in [5.74, 6) is 1.75. The van der Waals surface area contributed by atoms with Crippen molar-refractivity contribution in [2.75, 3.05) is 19.6 Å². The van der Waals surface area contributed by atoms with E-state index in [9.17, 15) is 0 Å². The number of rotatable bonds is 10. The zero-order chi connectivity index (χ0) is 19.3. The molecule has 2 aliphatic rings. The quantitative estimate of drug-likeness (QED) is 0.585. The molecule has 27 heavy (non-hydrogen) atoms. The van der Waals surface area contributed by atoms with Crippen LogP contribution in [-0.4, -0.2) is 36.6 Å². The molecule has 0 aromatic heterocycles. The van der Waals surface area contributed by atoms with Crippen molar-refractivity contribution in [2.24, 2.45) is 11.8 Å². The Balaban J connectivity index is 1.66. The lowest BCUT2D eigenvalue weighted by atomic mass is 9.75. The number of nitriles is 3. The van der Waals surface area contributed by atoms with Gasteiger partial charge in [0, 0.05) is 51.0 Å². The van der Waals surface area contributed by atoms with Crippen LogP contribution in [0.4, 0.5) is 0 Å². The molecule has 2 fully saturated rings. The van der Waals surface area contributed by atoms with E-state index in [2.05, 4.69) is 28.4 Å². The van der Waals surface area contributed by atoms with Gasteiger partial charge in [0.25, 0.3) is 0 Å². The maximum Gasteiger partial charge on any atom is 0.0635 e. The van der Waals surface area contributed by atoms with Crippen LogP contribution in [0.3, 0.4) is 0 Å². The highest BCUT2D eigenvalue weighted by atomic mass is 15.1. The van der Waals surface area contributed by atoms with Gasteiger partial charge in [-0.2, -0.15) is 15.8 Å². The number of nitrogens with one attached hydrogen (secondary N) is 1. The highest BCUT2D eigenvalue weighted by Gasteiger charge is 2.28. The third-order valence-corrected chi connectivity index (χ3v) is 6.54. The number of hydrogen-bond donors (Lipinski definition) is 1. The van der Waals surface area contributed by atoms with E-state index in [-0.39, 0.29) is 0 Å². The summed E-state index contributed by atoms with van der Waals surface area (Å²) < 4.78 is 0. The molecular formula is C22H35N5. The van der Waals surface area contributed by atoms with Crippen molar-refractivity contribution in [3.63, 3.8) is 0 Å². The second-order valence-electron chi connectivity index (χ2n) is 8.34. The van der Waals surface area contributed by atoms with E-state index >= 15 is 0 Å². The van der Waals surface area contributed by atoms with E-state index in [1.54, 1.807) is 0 Å². The molecule has 0 atom stereocenters. The Morgan fingerprint density at radius 1 is 0.704 bits per heavy atom. The van der Waals surface area contributed by atoms with Crippen LogP contribution in [0.5, 0.6) is 0 Å².